The summed E-state index contributed by atoms with van der Waals surface area (Å²) in [6, 6.07) is 15.2. The van der Waals surface area contributed by atoms with E-state index in [1.165, 1.54) is 0 Å². The predicted molar refractivity (Wildman–Crippen MR) is 128 cm³/mol. The third-order valence-electron chi connectivity index (χ3n) is 4.74. The van der Waals surface area contributed by atoms with Gasteiger partial charge in [-0.15, -0.1) is 10.2 Å². The van der Waals surface area contributed by atoms with Crippen molar-refractivity contribution >= 4 is 40.2 Å². The van der Waals surface area contributed by atoms with Gasteiger partial charge in [-0.1, -0.05) is 41.2 Å². The van der Waals surface area contributed by atoms with Gasteiger partial charge in [0.2, 0.25) is 11.0 Å². The van der Waals surface area contributed by atoms with E-state index in [0.29, 0.717) is 15.7 Å². The van der Waals surface area contributed by atoms with Crippen molar-refractivity contribution in [1.82, 2.24) is 15.6 Å². The van der Waals surface area contributed by atoms with Crippen LogP contribution in [0.1, 0.15) is 40.3 Å². The summed E-state index contributed by atoms with van der Waals surface area (Å²) in [6.45, 7) is 8.09. The molecule has 0 spiro atoms. The number of hydrazone groups is 1. The lowest BCUT2D eigenvalue weighted by Crippen LogP contribution is -2.21. The molecule has 0 saturated heterocycles. The fourth-order valence-electron chi connectivity index (χ4n) is 2.97. The van der Waals surface area contributed by atoms with Crippen LogP contribution in [0.4, 0.5) is 10.8 Å². The summed E-state index contributed by atoms with van der Waals surface area (Å²) in [7, 11) is 0. The lowest BCUT2D eigenvalue weighted by molar-refractivity contribution is -0.120. The Morgan fingerprint density at radius 1 is 1.03 bits per heavy atom. The number of aryl methyl sites for hydroxylation is 1. The number of rotatable bonds is 9. The Kier molecular flexibility index (Phi) is 8.04. The molecule has 2 aromatic carbocycles. The van der Waals surface area contributed by atoms with E-state index in [4.69, 9.17) is 0 Å². The Balaban J connectivity index is 1.48. The monoisotopic (exact) mass is 450 g/mol. The van der Waals surface area contributed by atoms with Crippen LogP contribution in [0.2, 0.25) is 0 Å². The molecule has 0 fully saturated rings. The van der Waals surface area contributed by atoms with Crippen LogP contribution in [0.15, 0.2) is 53.6 Å². The van der Waals surface area contributed by atoms with Crippen molar-refractivity contribution in [3.63, 3.8) is 0 Å². The molecular formula is C23H26N6O2S. The van der Waals surface area contributed by atoms with E-state index in [1.54, 1.807) is 18.3 Å². The van der Waals surface area contributed by atoms with E-state index in [9.17, 15) is 9.59 Å². The summed E-state index contributed by atoms with van der Waals surface area (Å²) < 4.78 is 0. The Bertz CT molecular complexity index is 1070. The normalized spacial score (nSPS) is 10.8. The molecule has 0 saturated carbocycles. The van der Waals surface area contributed by atoms with Gasteiger partial charge in [0.25, 0.3) is 5.91 Å². The van der Waals surface area contributed by atoms with Gasteiger partial charge < -0.3 is 4.90 Å². The number of carbonyl (C=O) groups excluding carboxylic acids is 2. The first kappa shape index (κ1) is 23.1. The molecule has 0 radical (unpaired) electrons. The maximum atomic E-state index is 12.3. The highest BCUT2D eigenvalue weighted by molar-refractivity contribution is 7.15. The lowest BCUT2D eigenvalue weighted by atomic mass is 10.1. The van der Waals surface area contributed by atoms with Gasteiger partial charge >= 0.3 is 0 Å². The first-order valence-corrected chi connectivity index (χ1v) is 11.2. The van der Waals surface area contributed by atoms with Crippen LogP contribution in [0.3, 0.4) is 0 Å². The van der Waals surface area contributed by atoms with Gasteiger partial charge in [-0.2, -0.15) is 5.10 Å². The minimum Gasteiger partial charge on any atom is -0.372 e. The molecule has 0 bridgehead atoms. The standard InChI is InChI=1S/C23H26N6O2S/c1-4-29(5-2)19-12-8-17(9-13-19)15-24-26-20(30)14-21-27-28-23(32-21)25-22(31)18-10-6-16(3)7-11-18/h6-13,15H,4-5,14H2,1-3H3,(H,26,30)(H,25,28,31). The highest BCUT2D eigenvalue weighted by Gasteiger charge is 2.12. The molecule has 2 amide bonds. The molecule has 3 aromatic rings. The second-order valence-corrected chi connectivity index (χ2v) is 8.12. The van der Waals surface area contributed by atoms with Crippen LogP contribution in [0.5, 0.6) is 0 Å². The zero-order valence-electron chi connectivity index (χ0n) is 18.3. The van der Waals surface area contributed by atoms with Gasteiger partial charge in [0.05, 0.1) is 12.6 Å². The van der Waals surface area contributed by atoms with Crippen LogP contribution in [0.25, 0.3) is 0 Å². The molecular weight excluding hydrogens is 424 g/mol. The summed E-state index contributed by atoms with van der Waals surface area (Å²) in [4.78, 5) is 26.6. The molecule has 166 valence electrons. The van der Waals surface area contributed by atoms with Crippen LogP contribution >= 0.6 is 11.3 Å². The quantitative estimate of drug-likeness (QED) is 0.383. The van der Waals surface area contributed by atoms with E-state index >= 15 is 0 Å². The summed E-state index contributed by atoms with van der Waals surface area (Å²) in [5.41, 5.74) is 6.14. The maximum Gasteiger partial charge on any atom is 0.257 e. The summed E-state index contributed by atoms with van der Waals surface area (Å²) in [5, 5.41) is 15.4. The predicted octanol–water partition coefficient (Wildman–Crippen LogP) is 3.64. The molecule has 0 atom stereocenters. The van der Waals surface area contributed by atoms with Crippen LogP contribution < -0.4 is 15.6 Å². The van der Waals surface area contributed by atoms with Gasteiger partial charge in [-0.3, -0.25) is 14.9 Å². The van der Waals surface area contributed by atoms with Crippen molar-refractivity contribution in [2.24, 2.45) is 5.10 Å². The Labute approximate surface area is 191 Å². The fourth-order valence-corrected chi connectivity index (χ4v) is 3.70. The molecule has 1 heterocycles. The minimum absolute atomic E-state index is 0.0241. The molecule has 8 nitrogen and oxygen atoms in total. The Morgan fingerprint density at radius 3 is 2.38 bits per heavy atom. The third-order valence-corrected chi connectivity index (χ3v) is 5.58. The van der Waals surface area contributed by atoms with Crippen LogP contribution in [-0.2, 0) is 11.2 Å². The zero-order chi connectivity index (χ0) is 22.9. The Morgan fingerprint density at radius 2 is 1.72 bits per heavy atom. The van der Waals surface area contributed by atoms with E-state index in [2.05, 4.69) is 44.8 Å². The number of amides is 2. The van der Waals surface area contributed by atoms with Crippen molar-refractivity contribution in [2.75, 3.05) is 23.3 Å². The SMILES string of the molecule is CCN(CC)c1ccc(C=NNC(=O)Cc2nnc(NC(=O)c3ccc(C)cc3)s2)cc1. The number of hydrogen-bond donors (Lipinski definition) is 2. The van der Waals surface area contributed by atoms with Crippen molar-refractivity contribution in [2.45, 2.75) is 27.2 Å². The molecule has 0 unspecified atom stereocenters. The summed E-state index contributed by atoms with van der Waals surface area (Å²) >= 11 is 1.15. The molecule has 32 heavy (non-hydrogen) atoms. The zero-order valence-corrected chi connectivity index (χ0v) is 19.1. The smallest absolute Gasteiger partial charge is 0.257 e. The van der Waals surface area contributed by atoms with Crippen LogP contribution in [0, 0.1) is 6.92 Å². The number of aromatic nitrogens is 2. The van der Waals surface area contributed by atoms with Crippen molar-refractivity contribution in [3.8, 4) is 0 Å². The molecule has 0 aliphatic carbocycles. The molecule has 0 aliphatic rings. The number of benzene rings is 2. The first-order chi connectivity index (χ1) is 15.5. The summed E-state index contributed by atoms with van der Waals surface area (Å²) in [6.07, 6.45) is 1.62. The third kappa shape index (κ3) is 6.45. The van der Waals surface area contributed by atoms with E-state index in [0.717, 1.165) is 41.2 Å². The minimum atomic E-state index is -0.312. The highest BCUT2D eigenvalue weighted by Crippen LogP contribution is 2.17. The van der Waals surface area contributed by atoms with E-state index < -0.39 is 0 Å². The molecule has 1 aromatic heterocycles. The number of nitrogens with zero attached hydrogens (tertiary/aromatic N) is 4. The Hall–Kier alpha value is -3.59. The molecule has 3 rings (SSSR count). The molecule has 2 N–H and O–H groups in total. The number of anilines is 2. The largest absolute Gasteiger partial charge is 0.372 e. The van der Waals surface area contributed by atoms with Gasteiger partial charge in [0, 0.05) is 24.3 Å². The average Bonchev–Trinajstić information content (AvgIpc) is 3.22. The van der Waals surface area contributed by atoms with Crippen molar-refractivity contribution in [1.29, 1.82) is 0 Å². The number of hydrogen-bond acceptors (Lipinski definition) is 7. The second-order valence-electron chi connectivity index (χ2n) is 7.05. The highest BCUT2D eigenvalue weighted by atomic mass is 32.1. The van der Waals surface area contributed by atoms with Gasteiger partial charge in [0.1, 0.15) is 5.01 Å². The van der Waals surface area contributed by atoms with E-state index in [1.807, 2.05) is 43.3 Å². The molecule has 9 heteroatoms. The number of nitrogens with one attached hydrogen (secondary N) is 2. The topological polar surface area (TPSA) is 99.6 Å². The second kappa shape index (κ2) is 11.1. The van der Waals surface area contributed by atoms with Gasteiger partial charge in [-0.05, 0) is 50.6 Å². The maximum absolute atomic E-state index is 12.3. The summed E-state index contributed by atoms with van der Waals surface area (Å²) in [5.74, 6) is -0.581. The van der Waals surface area contributed by atoms with Crippen molar-refractivity contribution in [3.05, 3.63) is 70.2 Å². The first-order valence-electron chi connectivity index (χ1n) is 10.4. The lowest BCUT2D eigenvalue weighted by Gasteiger charge is -2.20. The van der Waals surface area contributed by atoms with Gasteiger partial charge in [0.15, 0.2) is 0 Å². The molecule has 0 aliphatic heterocycles. The van der Waals surface area contributed by atoms with E-state index in [-0.39, 0.29) is 18.2 Å². The van der Waals surface area contributed by atoms with Gasteiger partial charge in [-0.25, -0.2) is 5.43 Å². The van der Waals surface area contributed by atoms with Crippen LogP contribution in [-0.4, -0.2) is 41.3 Å². The fraction of sp³-hybridized carbons (Fsp3) is 0.261. The number of carbonyl (C=O) groups is 2. The van der Waals surface area contributed by atoms with Crippen molar-refractivity contribution < 1.29 is 9.59 Å². The average molecular weight is 451 g/mol.